The number of amides is 1. The zero-order valence-electron chi connectivity index (χ0n) is 16.0. The third-order valence-corrected chi connectivity index (χ3v) is 4.86. The minimum atomic E-state index is -0.528. The number of unbranched alkanes of at least 4 members (excludes halogenated alkanes) is 2. The van der Waals surface area contributed by atoms with E-state index in [2.05, 4.69) is 22.2 Å². The van der Waals surface area contributed by atoms with E-state index in [1.807, 2.05) is 32.0 Å². The van der Waals surface area contributed by atoms with Gasteiger partial charge in [-0.2, -0.15) is 0 Å². The second-order valence-electron chi connectivity index (χ2n) is 6.89. The number of fused-ring (bicyclic) bond motifs is 1. The third-order valence-electron chi connectivity index (χ3n) is 4.86. The number of aromatic nitrogens is 2. The second-order valence-corrected chi connectivity index (χ2v) is 6.89. The first-order valence-electron chi connectivity index (χ1n) is 9.52. The summed E-state index contributed by atoms with van der Waals surface area (Å²) in [7, 11) is 0. The van der Waals surface area contributed by atoms with Crippen LogP contribution in [0, 0.1) is 5.92 Å². The van der Waals surface area contributed by atoms with Crippen molar-refractivity contribution in [3.8, 4) is 0 Å². The van der Waals surface area contributed by atoms with Crippen molar-refractivity contribution in [1.82, 2.24) is 15.3 Å². The van der Waals surface area contributed by atoms with Gasteiger partial charge in [-0.15, -0.1) is 0 Å². The minimum Gasteiger partial charge on any atom is -0.348 e. The molecule has 0 aliphatic heterocycles. The number of imidazole rings is 1. The quantitative estimate of drug-likeness (QED) is 0.448. The van der Waals surface area contributed by atoms with Crippen LogP contribution in [-0.4, -0.2) is 27.7 Å². The van der Waals surface area contributed by atoms with Crippen molar-refractivity contribution in [1.29, 1.82) is 0 Å². The molecule has 0 radical (unpaired) electrons. The standard InChI is InChI=1S/C20H30N4O2/c1-4-6-7-11-16(25)14-9-8-10-15-19(14)24-17(23-15)12-22-20(26)18(21)13(3)5-2/h8-10,13,18H,4-7,11-12,21H2,1-3H3,(H,22,26)(H,23,24)/t13-,18-/m0/s1. The van der Waals surface area contributed by atoms with Crippen LogP contribution in [0.3, 0.4) is 0 Å². The number of nitrogens with one attached hydrogen (secondary N) is 2. The van der Waals surface area contributed by atoms with Gasteiger partial charge in [-0.05, 0) is 24.5 Å². The molecule has 1 amide bonds. The molecule has 6 heteroatoms. The molecule has 0 spiro atoms. The van der Waals surface area contributed by atoms with Crippen molar-refractivity contribution >= 4 is 22.7 Å². The number of para-hydroxylation sites is 1. The number of hydrogen-bond acceptors (Lipinski definition) is 4. The number of hydrogen-bond donors (Lipinski definition) is 3. The Balaban J connectivity index is 2.08. The van der Waals surface area contributed by atoms with Gasteiger partial charge in [0.05, 0.1) is 23.6 Å². The van der Waals surface area contributed by atoms with Crippen molar-refractivity contribution < 1.29 is 9.59 Å². The molecule has 6 nitrogen and oxygen atoms in total. The largest absolute Gasteiger partial charge is 0.348 e. The van der Waals surface area contributed by atoms with E-state index in [1.165, 1.54) is 0 Å². The summed E-state index contributed by atoms with van der Waals surface area (Å²) in [6.45, 7) is 6.35. The van der Waals surface area contributed by atoms with E-state index >= 15 is 0 Å². The van der Waals surface area contributed by atoms with Gasteiger partial charge in [0.1, 0.15) is 5.82 Å². The average molecular weight is 358 g/mol. The van der Waals surface area contributed by atoms with Crippen LogP contribution in [0.5, 0.6) is 0 Å². The Morgan fingerprint density at radius 2 is 2.04 bits per heavy atom. The highest BCUT2D eigenvalue weighted by molar-refractivity contribution is 6.06. The van der Waals surface area contributed by atoms with Gasteiger partial charge in [-0.3, -0.25) is 9.59 Å². The molecule has 0 bridgehead atoms. The van der Waals surface area contributed by atoms with Crippen LogP contribution in [0.25, 0.3) is 11.0 Å². The van der Waals surface area contributed by atoms with Crippen LogP contribution in [-0.2, 0) is 11.3 Å². The summed E-state index contributed by atoms with van der Waals surface area (Å²) in [5, 5.41) is 2.82. The zero-order chi connectivity index (χ0) is 19.1. The Morgan fingerprint density at radius 1 is 1.27 bits per heavy atom. The van der Waals surface area contributed by atoms with E-state index in [-0.39, 0.29) is 24.2 Å². The third kappa shape index (κ3) is 4.91. The van der Waals surface area contributed by atoms with Gasteiger partial charge in [0.2, 0.25) is 5.91 Å². The van der Waals surface area contributed by atoms with Crippen LogP contribution >= 0.6 is 0 Å². The summed E-state index contributed by atoms with van der Waals surface area (Å²) in [5.41, 5.74) is 8.07. The number of carbonyl (C=O) groups excluding carboxylic acids is 2. The van der Waals surface area contributed by atoms with E-state index in [0.29, 0.717) is 23.3 Å². The fourth-order valence-electron chi connectivity index (χ4n) is 2.86. The van der Waals surface area contributed by atoms with Gasteiger partial charge < -0.3 is 16.0 Å². The molecule has 0 unspecified atom stereocenters. The summed E-state index contributed by atoms with van der Waals surface area (Å²) >= 11 is 0. The molecule has 1 aromatic heterocycles. The molecule has 1 heterocycles. The van der Waals surface area contributed by atoms with Gasteiger partial charge in [-0.25, -0.2) is 4.98 Å². The lowest BCUT2D eigenvalue weighted by atomic mass is 9.99. The molecule has 0 saturated carbocycles. The minimum absolute atomic E-state index is 0.116. The Morgan fingerprint density at radius 3 is 2.73 bits per heavy atom. The normalized spacial score (nSPS) is 13.5. The van der Waals surface area contributed by atoms with Gasteiger partial charge in [0.15, 0.2) is 5.78 Å². The topological polar surface area (TPSA) is 101 Å². The van der Waals surface area contributed by atoms with Crippen LogP contribution in [0.1, 0.15) is 69.1 Å². The molecule has 0 aliphatic carbocycles. The van der Waals surface area contributed by atoms with Gasteiger partial charge >= 0.3 is 0 Å². The molecule has 0 saturated heterocycles. The lowest BCUT2D eigenvalue weighted by Gasteiger charge is -2.17. The predicted molar refractivity (Wildman–Crippen MR) is 104 cm³/mol. The van der Waals surface area contributed by atoms with E-state index < -0.39 is 6.04 Å². The van der Waals surface area contributed by atoms with E-state index in [4.69, 9.17) is 5.73 Å². The Hall–Kier alpha value is -2.21. The summed E-state index contributed by atoms with van der Waals surface area (Å²) < 4.78 is 0. The maximum absolute atomic E-state index is 12.5. The van der Waals surface area contributed by atoms with Crippen LogP contribution in [0.15, 0.2) is 18.2 Å². The molecule has 0 fully saturated rings. The molecule has 0 aliphatic rings. The number of aromatic amines is 1. The number of nitrogens with two attached hydrogens (primary N) is 1. The van der Waals surface area contributed by atoms with Crippen molar-refractivity contribution in [2.24, 2.45) is 11.7 Å². The molecule has 2 atom stereocenters. The second kappa shape index (κ2) is 9.48. The number of nitrogens with zero attached hydrogens (tertiary/aromatic N) is 1. The predicted octanol–water partition coefficient (Wildman–Crippen LogP) is 3.32. The number of benzene rings is 1. The summed E-state index contributed by atoms with van der Waals surface area (Å²) in [4.78, 5) is 32.3. The lowest BCUT2D eigenvalue weighted by molar-refractivity contribution is -0.123. The monoisotopic (exact) mass is 358 g/mol. The van der Waals surface area contributed by atoms with Crippen molar-refractivity contribution in [3.05, 3.63) is 29.6 Å². The van der Waals surface area contributed by atoms with Gasteiger partial charge in [0.25, 0.3) is 0 Å². The highest BCUT2D eigenvalue weighted by atomic mass is 16.2. The maximum Gasteiger partial charge on any atom is 0.237 e. The van der Waals surface area contributed by atoms with Crippen LogP contribution in [0.2, 0.25) is 0 Å². The molecule has 4 N–H and O–H groups in total. The Labute approximate surface area is 154 Å². The fraction of sp³-hybridized carbons (Fsp3) is 0.550. The number of ketones is 1. The maximum atomic E-state index is 12.5. The molecular weight excluding hydrogens is 328 g/mol. The first-order chi connectivity index (χ1) is 12.5. The van der Waals surface area contributed by atoms with Crippen LogP contribution in [0.4, 0.5) is 0 Å². The summed E-state index contributed by atoms with van der Waals surface area (Å²) in [5.74, 6) is 0.678. The first-order valence-corrected chi connectivity index (χ1v) is 9.52. The number of H-pyrrole nitrogens is 1. The highest BCUT2D eigenvalue weighted by Crippen LogP contribution is 2.19. The molecule has 1 aromatic carbocycles. The summed E-state index contributed by atoms with van der Waals surface area (Å²) in [6, 6.07) is 5.04. The molecule has 142 valence electrons. The molecule has 2 aromatic rings. The Bertz CT molecular complexity index is 753. The lowest BCUT2D eigenvalue weighted by Crippen LogP contribution is -2.44. The van der Waals surface area contributed by atoms with E-state index in [1.54, 1.807) is 0 Å². The molecular formula is C20H30N4O2. The van der Waals surface area contributed by atoms with E-state index in [0.717, 1.165) is 31.2 Å². The van der Waals surface area contributed by atoms with Crippen molar-refractivity contribution in [2.45, 2.75) is 65.5 Å². The first kappa shape index (κ1) is 20.1. The molecule has 26 heavy (non-hydrogen) atoms. The number of rotatable bonds is 10. The van der Waals surface area contributed by atoms with E-state index in [9.17, 15) is 9.59 Å². The summed E-state index contributed by atoms with van der Waals surface area (Å²) in [6.07, 6.45) is 4.42. The number of carbonyl (C=O) groups is 2. The van der Waals surface area contributed by atoms with Crippen LogP contribution < -0.4 is 11.1 Å². The smallest absolute Gasteiger partial charge is 0.237 e. The zero-order valence-corrected chi connectivity index (χ0v) is 16.0. The van der Waals surface area contributed by atoms with Gasteiger partial charge in [-0.1, -0.05) is 46.1 Å². The van der Waals surface area contributed by atoms with Gasteiger partial charge in [0, 0.05) is 12.0 Å². The van der Waals surface area contributed by atoms with Crippen molar-refractivity contribution in [3.63, 3.8) is 0 Å². The fourth-order valence-corrected chi connectivity index (χ4v) is 2.86. The average Bonchev–Trinajstić information content (AvgIpc) is 3.07. The van der Waals surface area contributed by atoms with Crippen molar-refractivity contribution in [2.75, 3.05) is 0 Å². The highest BCUT2D eigenvalue weighted by Gasteiger charge is 2.19. The molecule has 2 rings (SSSR count). The SMILES string of the molecule is CCCCCC(=O)c1cccc2[nH]c(CNC(=O)[C@@H](N)[C@@H](C)CC)nc12. The number of Topliss-reactive ketones (excluding diaryl/α,β-unsaturated/α-hetero) is 1. The Kier molecular flexibility index (Phi) is 7.33.